The second kappa shape index (κ2) is 8.27. The first-order chi connectivity index (χ1) is 7.06. The normalized spacial score (nSPS) is 11.1. The SMILES string of the molecule is CCC(=O)OCC=C(C)CCC=C(C)C. The number of carbonyl (C=O) groups is 1. The highest BCUT2D eigenvalue weighted by Gasteiger charge is 1.95. The summed E-state index contributed by atoms with van der Waals surface area (Å²) in [6.45, 7) is 8.48. The molecule has 0 aliphatic heterocycles. The van der Waals surface area contributed by atoms with Crippen molar-refractivity contribution < 1.29 is 9.53 Å². The number of carbonyl (C=O) groups excluding carboxylic acids is 1. The van der Waals surface area contributed by atoms with Crippen LogP contribution in [0.15, 0.2) is 23.3 Å². The third kappa shape index (κ3) is 9.26. The first kappa shape index (κ1) is 13.9. The summed E-state index contributed by atoms with van der Waals surface area (Å²) in [6.07, 6.45) is 6.74. The Kier molecular flexibility index (Phi) is 7.69. The third-order valence-electron chi connectivity index (χ3n) is 2.06. The highest BCUT2D eigenvalue weighted by molar-refractivity contribution is 5.68. The van der Waals surface area contributed by atoms with Gasteiger partial charge in [0.2, 0.25) is 0 Å². The van der Waals surface area contributed by atoms with E-state index in [9.17, 15) is 4.79 Å². The van der Waals surface area contributed by atoms with Crippen molar-refractivity contribution in [3.63, 3.8) is 0 Å². The lowest BCUT2D eigenvalue weighted by atomic mass is 10.1. The Bertz CT molecular complexity index is 245. The summed E-state index contributed by atoms with van der Waals surface area (Å²) in [6, 6.07) is 0. The highest BCUT2D eigenvalue weighted by atomic mass is 16.5. The van der Waals surface area contributed by atoms with Gasteiger partial charge in [0.1, 0.15) is 6.61 Å². The topological polar surface area (TPSA) is 26.3 Å². The van der Waals surface area contributed by atoms with Crippen molar-refractivity contribution in [3.8, 4) is 0 Å². The molecule has 0 aromatic rings. The van der Waals surface area contributed by atoms with Crippen LogP contribution in [-0.2, 0) is 9.53 Å². The Hall–Kier alpha value is -1.05. The van der Waals surface area contributed by atoms with Gasteiger partial charge in [-0.3, -0.25) is 4.79 Å². The van der Waals surface area contributed by atoms with Gasteiger partial charge in [0, 0.05) is 6.42 Å². The molecule has 0 saturated carbocycles. The third-order valence-corrected chi connectivity index (χ3v) is 2.06. The van der Waals surface area contributed by atoms with Crippen LogP contribution in [0.2, 0.25) is 0 Å². The monoisotopic (exact) mass is 210 g/mol. The molecule has 0 unspecified atom stereocenters. The molecule has 15 heavy (non-hydrogen) atoms. The molecule has 0 rings (SSSR count). The molecule has 0 aliphatic carbocycles. The zero-order chi connectivity index (χ0) is 11.7. The first-order valence-corrected chi connectivity index (χ1v) is 5.50. The Morgan fingerprint density at radius 2 is 1.87 bits per heavy atom. The summed E-state index contributed by atoms with van der Waals surface area (Å²) in [4.78, 5) is 10.8. The maximum absolute atomic E-state index is 10.8. The van der Waals surface area contributed by atoms with Gasteiger partial charge in [-0.05, 0) is 39.7 Å². The molecular weight excluding hydrogens is 188 g/mol. The minimum Gasteiger partial charge on any atom is -0.461 e. The van der Waals surface area contributed by atoms with Crippen molar-refractivity contribution in [2.24, 2.45) is 0 Å². The number of rotatable bonds is 6. The Labute approximate surface area is 93.0 Å². The van der Waals surface area contributed by atoms with E-state index in [0.717, 1.165) is 12.8 Å². The van der Waals surface area contributed by atoms with Crippen molar-refractivity contribution in [2.75, 3.05) is 6.61 Å². The van der Waals surface area contributed by atoms with Gasteiger partial charge in [0.25, 0.3) is 0 Å². The van der Waals surface area contributed by atoms with Crippen LogP contribution in [0.25, 0.3) is 0 Å². The van der Waals surface area contributed by atoms with Crippen LogP contribution in [0.1, 0.15) is 47.0 Å². The molecule has 0 radical (unpaired) electrons. The standard InChI is InChI=1S/C13H22O2/c1-5-13(14)15-10-9-12(4)8-6-7-11(2)3/h7,9H,5-6,8,10H2,1-4H3. The summed E-state index contributed by atoms with van der Waals surface area (Å²) < 4.78 is 4.96. The number of esters is 1. The average molecular weight is 210 g/mol. The van der Waals surface area contributed by atoms with Gasteiger partial charge >= 0.3 is 5.97 Å². The van der Waals surface area contributed by atoms with Crippen LogP contribution in [0.3, 0.4) is 0 Å². The molecule has 0 N–H and O–H groups in total. The fourth-order valence-electron chi connectivity index (χ4n) is 1.07. The predicted molar refractivity (Wildman–Crippen MR) is 63.7 cm³/mol. The van der Waals surface area contributed by atoms with Gasteiger partial charge in [-0.25, -0.2) is 0 Å². The molecule has 0 spiro atoms. The van der Waals surface area contributed by atoms with E-state index in [-0.39, 0.29) is 5.97 Å². The zero-order valence-electron chi connectivity index (χ0n) is 10.3. The number of allylic oxidation sites excluding steroid dienone is 3. The van der Waals surface area contributed by atoms with Gasteiger partial charge in [0.15, 0.2) is 0 Å². The molecule has 0 bridgehead atoms. The number of hydrogen-bond acceptors (Lipinski definition) is 2. The summed E-state index contributed by atoms with van der Waals surface area (Å²) in [5.74, 6) is -0.136. The maximum Gasteiger partial charge on any atom is 0.305 e. The first-order valence-electron chi connectivity index (χ1n) is 5.50. The van der Waals surface area contributed by atoms with E-state index in [1.165, 1.54) is 11.1 Å². The average Bonchev–Trinajstić information content (AvgIpc) is 2.17. The second-order valence-corrected chi connectivity index (χ2v) is 3.91. The number of hydrogen-bond donors (Lipinski definition) is 0. The molecule has 0 aromatic heterocycles. The van der Waals surface area contributed by atoms with Crippen LogP contribution in [0, 0.1) is 0 Å². The molecule has 0 heterocycles. The van der Waals surface area contributed by atoms with Gasteiger partial charge in [0.05, 0.1) is 0 Å². The molecule has 0 amide bonds. The van der Waals surface area contributed by atoms with Gasteiger partial charge < -0.3 is 4.74 Å². The largest absolute Gasteiger partial charge is 0.461 e. The molecule has 0 aliphatic rings. The molecule has 2 nitrogen and oxygen atoms in total. The van der Waals surface area contributed by atoms with E-state index >= 15 is 0 Å². The Balaban J connectivity index is 3.70. The minimum atomic E-state index is -0.136. The summed E-state index contributed by atoms with van der Waals surface area (Å²) in [7, 11) is 0. The predicted octanol–water partition coefficient (Wildman–Crippen LogP) is 3.63. The summed E-state index contributed by atoms with van der Waals surface area (Å²) in [5, 5.41) is 0. The zero-order valence-corrected chi connectivity index (χ0v) is 10.3. The van der Waals surface area contributed by atoms with Gasteiger partial charge in [-0.15, -0.1) is 0 Å². The van der Waals surface area contributed by atoms with Crippen molar-refractivity contribution in [3.05, 3.63) is 23.3 Å². The molecule has 2 heteroatoms. The molecule has 0 aromatic carbocycles. The Morgan fingerprint density at radius 3 is 2.40 bits per heavy atom. The van der Waals surface area contributed by atoms with Crippen LogP contribution in [0.5, 0.6) is 0 Å². The van der Waals surface area contributed by atoms with Crippen molar-refractivity contribution >= 4 is 5.97 Å². The van der Waals surface area contributed by atoms with E-state index < -0.39 is 0 Å². The maximum atomic E-state index is 10.8. The Morgan fingerprint density at radius 1 is 1.20 bits per heavy atom. The van der Waals surface area contributed by atoms with E-state index in [2.05, 4.69) is 26.8 Å². The molecular formula is C13H22O2. The minimum absolute atomic E-state index is 0.136. The smallest absolute Gasteiger partial charge is 0.305 e. The molecule has 0 saturated heterocycles. The lowest BCUT2D eigenvalue weighted by molar-refractivity contribution is -0.141. The van der Waals surface area contributed by atoms with Crippen molar-refractivity contribution in [2.45, 2.75) is 47.0 Å². The molecule has 0 fully saturated rings. The van der Waals surface area contributed by atoms with Crippen molar-refractivity contribution in [1.29, 1.82) is 0 Å². The molecule has 86 valence electrons. The second-order valence-electron chi connectivity index (χ2n) is 3.91. The lowest BCUT2D eigenvalue weighted by Gasteiger charge is -2.01. The van der Waals surface area contributed by atoms with E-state index in [1.54, 1.807) is 6.92 Å². The fourth-order valence-corrected chi connectivity index (χ4v) is 1.07. The van der Waals surface area contributed by atoms with Crippen LogP contribution >= 0.6 is 0 Å². The summed E-state index contributed by atoms with van der Waals surface area (Å²) in [5.41, 5.74) is 2.62. The summed E-state index contributed by atoms with van der Waals surface area (Å²) >= 11 is 0. The van der Waals surface area contributed by atoms with Gasteiger partial charge in [-0.1, -0.05) is 24.1 Å². The van der Waals surface area contributed by atoms with Crippen LogP contribution in [0.4, 0.5) is 0 Å². The highest BCUT2D eigenvalue weighted by Crippen LogP contribution is 2.06. The van der Waals surface area contributed by atoms with Crippen LogP contribution in [-0.4, -0.2) is 12.6 Å². The van der Waals surface area contributed by atoms with Gasteiger partial charge in [-0.2, -0.15) is 0 Å². The van der Waals surface area contributed by atoms with Crippen LogP contribution < -0.4 is 0 Å². The quantitative estimate of drug-likeness (QED) is 0.494. The fraction of sp³-hybridized carbons (Fsp3) is 0.615. The van der Waals surface area contributed by atoms with Crippen molar-refractivity contribution in [1.82, 2.24) is 0 Å². The number of ether oxygens (including phenoxy) is 1. The van der Waals surface area contributed by atoms with E-state index in [0.29, 0.717) is 13.0 Å². The lowest BCUT2D eigenvalue weighted by Crippen LogP contribution is -2.02. The van der Waals surface area contributed by atoms with E-state index in [1.807, 2.05) is 6.08 Å². The van der Waals surface area contributed by atoms with E-state index in [4.69, 9.17) is 4.74 Å². The molecule has 0 atom stereocenters.